The summed E-state index contributed by atoms with van der Waals surface area (Å²) in [4.78, 5) is 23.0. The fraction of sp³-hybridized carbons (Fsp3) is 0.500. The molecule has 1 aliphatic carbocycles. The summed E-state index contributed by atoms with van der Waals surface area (Å²) in [6.45, 7) is 0.303. The van der Waals surface area contributed by atoms with Gasteiger partial charge >= 0.3 is 0 Å². The number of rotatable bonds is 4. The van der Waals surface area contributed by atoms with Crippen LogP contribution in [0, 0.1) is 15.5 Å². The van der Waals surface area contributed by atoms with Crippen molar-refractivity contribution in [3.8, 4) is 0 Å². The lowest BCUT2D eigenvalue weighted by Gasteiger charge is -2.34. The van der Waals surface area contributed by atoms with Crippen molar-refractivity contribution in [2.75, 3.05) is 11.9 Å². The normalized spacial score (nSPS) is 17.2. The maximum absolute atomic E-state index is 12.5. The molecule has 0 heterocycles. The summed E-state index contributed by atoms with van der Waals surface area (Å²) in [5.74, 6) is -0.138. The molecule has 1 saturated carbocycles. The Kier molecular flexibility index (Phi) is 4.95. The van der Waals surface area contributed by atoms with Gasteiger partial charge in [-0.3, -0.25) is 14.9 Å². The van der Waals surface area contributed by atoms with Crippen LogP contribution >= 0.6 is 15.9 Å². The van der Waals surface area contributed by atoms with Gasteiger partial charge in [0.1, 0.15) is 0 Å². The third kappa shape index (κ3) is 3.41. The zero-order valence-corrected chi connectivity index (χ0v) is 13.2. The van der Waals surface area contributed by atoms with Crippen LogP contribution in [0.3, 0.4) is 0 Å². The molecule has 2 rings (SSSR count). The molecule has 7 heteroatoms. The number of halogens is 1. The summed E-state index contributed by atoms with van der Waals surface area (Å²) in [7, 11) is 0. The second-order valence-electron chi connectivity index (χ2n) is 5.42. The van der Waals surface area contributed by atoms with Crippen molar-refractivity contribution >= 4 is 33.2 Å². The van der Waals surface area contributed by atoms with Crippen LogP contribution in [0.4, 0.5) is 11.4 Å². The number of nitro benzene ring substituents is 1. The maximum Gasteiger partial charge on any atom is 0.285 e. The standard InChI is InChI=1S/C14H18BrN3O3/c15-11-5-4-10(8-12(11)18(20)21)17-13(19)14(9-16)6-2-1-3-7-14/h4-5,8H,1-3,6-7,9,16H2,(H,17,19). The fourth-order valence-corrected chi connectivity index (χ4v) is 3.14. The molecule has 1 aliphatic rings. The van der Waals surface area contributed by atoms with Crippen molar-refractivity contribution in [1.29, 1.82) is 0 Å². The molecule has 3 N–H and O–H groups in total. The highest BCUT2D eigenvalue weighted by Gasteiger charge is 2.38. The van der Waals surface area contributed by atoms with E-state index in [1.807, 2.05) is 0 Å². The molecule has 0 radical (unpaired) electrons. The Bertz CT molecular complexity index is 556. The van der Waals surface area contributed by atoms with Gasteiger partial charge in [-0.2, -0.15) is 0 Å². The summed E-state index contributed by atoms with van der Waals surface area (Å²) in [6.07, 6.45) is 4.65. The SMILES string of the molecule is NCC1(C(=O)Nc2ccc(Br)c([N+](=O)[O-])c2)CCCCC1. The van der Waals surface area contributed by atoms with Crippen LogP contribution in [0.15, 0.2) is 22.7 Å². The van der Waals surface area contributed by atoms with Crippen LogP contribution in [0.25, 0.3) is 0 Å². The Hall–Kier alpha value is -1.47. The topological polar surface area (TPSA) is 98.3 Å². The highest BCUT2D eigenvalue weighted by molar-refractivity contribution is 9.10. The monoisotopic (exact) mass is 355 g/mol. The summed E-state index contributed by atoms with van der Waals surface area (Å²) >= 11 is 3.12. The molecule has 1 amide bonds. The van der Waals surface area contributed by atoms with E-state index in [9.17, 15) is 14.9 Å². The van der Waals surface area contributed by atoms with Crippen molar-refractivity contribution in [2.24, 2.45) is 11.1 Å². The molecule has 0 spiro atoms. The number of nitrogens with one attached hydrogen (secondary N) is 1. The Morgan fingerprint density at radius 2 is 2.05 bits per heavy atom. The number of nitrogens with two attached hydrogens (primary N) is 1. The molecule has 0 unspecified atom stereocenters. The quantitative estimate of drug-likeness (QED) is 0.639. The van der Waals surface area contributed by atoms with E-state index >= 15 is 0 Å². The molecule has 6 nitrogen and oxygen atoms in total. The largest absolute Gasteiger partial charge is 0.329 e. The second-order valence-corrected chi connectivity index (χ2v) is 6.28. The van der Waals surface area contributed by atoms with E-state index in [0.29, 0.717) is 16.7 Å². The van der Waals surface area contributed by atoms with Crippen molar-refractivity contribution in [1.82, 2.24) is 0 Å². The molecule has 0 bridgehead atoms. The Morgan fingerprint density at radius 3 is 2.62 bits per heavy atom. The molecular weight excluding hydrogens is 338 g/mol. The Morgan fingerprint density at radius 1 is 1.38 bits per heavy atom. The average molecular weight is 356 g/mol. The van der Waals surface area contributed by atoms with Gasteiger partial charge in [0.2, 0.25) is 5.91 Å². The van der Waals surface area contributed by atoms with Gasteiger partial charge in [0.25, 0.3) is 5.69 Å². The first-order valence-electron chi connectivity index (χ1n) is 6.94. The number of amides is 1. The van der Waals surface area contributed by atoms with Gasteiger partial charge in [0.05, 0.1) is 14.8 Å². The van der Waals surface area contributed by atoms with Crippen LogP contribution in [0.1, 0.15) is 32.1 Å². The second kappa shape index (κ2) is 6.53. The zero-order valence-electron chi connectivity index (χ0n) is 11.6. The molecule has 0 saturated heterocycles. The van der Waals surface area contributed by atoms with Gasteiger partial charge in [-0.25, -0.2) is 0 Å². The summed E-state index contributed by atoms with van der Waals surface area (Å²) in [6, 6.07) is 4.56. The van der Waals surface area contributed by atoms with E-state index in [1.54, 1.807) is 12.1 Å². The molecule has 1 aromatic carbocycles. The predicted molar refractivity (Wildman–Crippen MR) is 84.0 cm³/mol. The smallest absolute Gasteiger partial charge is 0.285 e. The van der Waals surface area contributed by atoms with Crippen LogP contribution in [0.5, 0.6) is 0 Å². The van der Waals surface area contributed by atoms with Crippen LogP contribution in [-0.2, 0) is 4.79 Å². The van der Waals surface area contributed by atoms with E-state index in [4.69, 9.17) is 5.73 Å². The molecule has 0 aliphatic heterocycles. The minimum atomic E-state index is -0.542. The first-order chi connectivity index (χ1) is 9.98. The molecule has 0 aromatic heterocycles. The third-order valence-corrected chi connectivity index (χ3v) is 4.75. The summed E-state index contributed by atoms with van der Waals surface area (Å²) in [5, 5.41) is 13.7. The maximum atomic E-state index is 12.5. The molecule has 0 atom stereocenters. The van der Waals surface area contributed by atoms with E-state index < -0.39 is 10.3 Å². The minimum Gasteiger partial charge on any atom is -0.329 e. The predicted octanol–water partition coefficient (Wildman–Crippen LogP) is 3.21. The van der Waals surface area contributed by atoms with Crippen LogP contribution in [-0.4, -0.2) is 17.4 Å². The van der Waals surface area contributed by atoms with Gasteiger partial charge in [-0.1, -0.05) is 19.3 Å². The van der Waals surface area contributed by atoms with E-state index in [-0.39, 0.29) is 11.6 Å². The van der Waals surface area contributed by atoms with Gasteiger partial charge in [-0.05, 0) is 40.9 Å². The van der Waals surface area contributed by atoms with E-state index in [2.05, 4.69) is 21.2 Å². The van der Waals surface area contributed by atoms with Gasteiger partial charge in [0.15, 0.2) is 0 Å². The van der Waals surface area contributed by atoms with Gasteiger partial charge < -0.3 is 11.1 Å². The molecule has 114 valence electrons. The van der Waals surface area contributed by atoms with Crippen molar-refractivity contribution in [3.63, 3.8) is 0 Å². The lowest BCUT2D eigenvalue weighted by Crippen LogP contribution is -2.43. The van der Waals surface area contributed by atoms with Crippen molar-refractivity contribution in [3.05, 3.63) is 32.8 Å². The highest BCUT2D eigenvalue weighted by atomic mass is 79.9. The summed E-state index contributed by atoms with van der Waals surface area (Å²) < 4.78 is 0.386. The number of hydrogen-bond acceptors (Lipinski definition) is 4. The van der Waals surface area contributed by atoms with Crippen LogP contribution < -0.4 is 11.1 Å². The third-order valence-electron chi connectivity index (χ3n) is 4.08. The number of carbonyl (C=O) groups is 1. The molecular formula is C14H18BrN3O3. The number of nitrogens with zero attached hydrogens (tertiary/aromatic N) is 1. The average Bonchev–Trinajstić information content (AvgIpc) is 2.49. The number of hydrogen-bond donors (Lipinski definition) is 2. The molecule has 1 aromatic rings. The molecule has 21 heavy (non-hydrogen) atoms. The number of anilines is 1. The minimum absolute atomic E-state index is 0.0711. The highest BCUT2D eigenvalue weighted by Crippen LogP contribution is 2.37. The Balaban J connectivity index is 2.19. The van der Waals surface area contributed by atoms with E-state index in [1.165, 1.54) is 6.07 Å². The Labute approximate surface area is 131 Å². The zero-order chi connectivity index (χ0) is 15.5. The summed E-state index contributed by atoms with van der Waals surface area (Å²) in [5.41, 5.74) is 5.63. The first-order valence-corrected chi connectivity index (χ1v) is 7.73. The fourth-order valence-electron chi connectivity index (χ4n) is 2.75. The van der Waals surface area contributed by atoms with Crippen molar-refractivity contribution < 1.29 is 9.72 Å². The van der Waals surface area contributed by atoms with Gasteiger partial charge in [0, 0.05) is 18.3 Å². The van der Waals surface area contributed by atoms with E-state index in [0.717, 1.165) is 32.1 Å². The van der Waals surface area contributed by atoms with Gasteiger partial charge in [-0.15, -0.1) is 0 Å². The number of nitro groups is 1. The number of benzene rings is 1. The molecule has 1 fully saturated rings. The lowest BCUT2D eigenvalue weighted by atomic mass is 9.73. The number of carbonyl (C=O) groups excluding carboxylic acids is 1. The first kappa shape index (κ1) is 15.9. The van der Waals surface area contributed by atoms with Crippen LogP contribution in [0.2, 0.25) is 0 Å². The van der Waals surface area contributed by atoms with Crippen molar-refractivity contribution in [2.45, 2.75) is 32.1 Å². The lowest BCUT2D eigenvalue weighted by molar-refractivity contribution is -0.385.